The summed E-state index contributed by atoms with van der Waals surface area (Å²) in [6, 6.07) is 11.4. The monoisotopic (exact) mass is 399 g/mol. The fourth-order valence-corrected chi connectivity index (χ4v) is 3.74. The molecule has 1 fully saturated rings. The number of carbonyl (C=O) groups is 1. The van der Waals surface area contributed by atoms with Crippen LogP contribution in [-0.2, 0) is 11.3 Å². The zero-order valence-corrected chi connectivity index (χ0v) is 16.4. The molecule has 4 rings (SSSR count). The van der Waals surface area contributed by atoms with Crippen LogP contribution >= 0.6 is 11.6 Å². The van der Waals surface area contributed by atoms with Gasteiger partial charge in [0, 0.05) is 25.8 Å². The summed E-state index contributed by atoms with van der Waals surface area (Å²) in [4.78, 5) is 14.8. The van der Waals surface area contributed by atoms with E-state index < -0.39 is 0 Å². The maximum absolute atomic E-state index is 12.7. The summed E-state index contributed by atoms with van der Waals surface area (Å²) >= 11 is 6.19. The molecule has 0 aliphatic carbocycles. The standard InChI is InChI=1S/C20H22ClN5O2/c1-28-16-8-6-14(7-9-16)12-22-19(27)15-4-2-10-25(13-15)20-24-23-18-17(21)5-3-11-26(18)20/h3,5-9,11,15H,2,4,10,12-13H2,1H3,(H,22,27)/t15-/m0/s1. The molecule has 0 spiro atoms. The molecule has 28 heavy (non-hydrogen) atoms. The van der Waals surface area contributed by atoms with Crippen LogP contribution in [0.25, 0.3) is 5.65 Å². The summed E-state index contributed by atoms with van der Waals surface area (Å²) in [7, 11) is 1.64. The third-order valence-electron chi connectivity index (χ3n) is 5.07. The third-order valence-corrected chi connectivity index (χ3v) is 5.36. The van der Waals surface area contributed by atoms with E-state index in [0.29, 0.717) is 23.8 Å². The minimum atomic E-state index is -0.0847. The van der Waals surface area contributed by atoms with Gasteiger partial charge < -0.3 is 15.0 Å². The van der Waals surface area contributed by atoms with Crippen molar-refractivity contribution in [2.24, 2.45) is 5.92 Å². The van der Waals surface area contributed by atoms with Crippen molar-refractivity contribution in [1.82, 2.24) is 19.9 Å². The summed E-state index contributed by atoms with van der Waals surface area (Å²) < 4.78 is 7.04. The van der Waals surface area contributed by atoms with Crippen molar-refractivity contribution in [2.45, 2.75) is 19.4 Å². The summed E-state index contributed by atoms with van der Waals surface area (Å²) in [5.41, 5.74) is 1.67. The third kappa shape index (κ3) is 3.75. The summed E-state index contributed by atoms with van der Waals surface area (Å²) in [6.45, 7) is 1.96. The number of ether oxygens (including phenoxy) is 1. The van der Waals surface area contributed by atoms with Gasteiger partial charge >= 0.3 is 0 Å². The van der Waals surface area contributed by atoms with Crippen molar-refractivity contribution in [3.8, 4) is 5.75 Å². The predicted octanol–water partition coefficient (Wildman–Crippen LogP) is 2.92. The summed E-state index contributed by atoms with van der Waals surface area (Å²) in [5.74, 6) is 1.51. The highest BCUT2D eigenvalue weighted by Gasteiger charge is 2.28. The van der Waals surface area contributed by atoms with E-state index >= 15 is 0 Å². The van der Waals surface area contributed by atoms with Gasteiger partial charge in [-0.15, -0.1) is 10.2 Å². The lowest BCUT2D eigenvalue weighted by molar-refractivity contribution is -0.125. The average Bonchev–Trinajstić information content (AvgIpc) is 3.18. The number of benzene rings is 1. The van der Waals surface area contributed by atoms with Gasteiger partial charge in [-0.25, -0.2) is 0 Å². The van der Waals surface area contributed by atoms with Crippen LogP contribution in [0.15, 0.2) is 42.6 Å². The zero-order chi connectivity index (χ0) is 19.5. The molecular weight excluding hydrogens is 378 g/mol. The molecule has 1 aliphatic heterocycles. The van der Waals surface area contributed by atoms with Crippen LogP contribution in [0.5, 0.6) is 5.75 Å². The molecule has 0 bridgehead atoms. The van der Waals surface area contributed by atoms with Crippen LogP contribution in [-0.4, -0.2) is 40.7 Å². The van der Waals surface area contributed by atoms with E-state index in [-0.39, 0.29) is 11.8 Å². The highest BCUT2D eigenvalue weighted by molar-refractivity contribution is 6.33. The maximum atomic E-state index is 12.7. The van der Waals surface area contributed by atoms with Crippen LogP contribution in [0, 0.1) is 5.92 Å². The second kappa shape index (κ2) is 8.06. The smallest absolute Gasteiger partial charge is 0.231 e. The number of hydrogen-bond acceptors (Lipinski definition) is 5. The Labute approximate surface area is 168 Å². The molecular formula is C20H22ClN5O2. The Hall–Kier alpha value is -2.80. The van der Waals surface area contributed by atoms with Crippen LogP contribution in [0.2, 0.25) is 5.02 Å². The first kappa shape index (κ1) is 18.6. The van der Waals surface area contributed by atoms with Gasteiger partial charge in [-0.1, -0.05) is 23.7 Å². The SMILES string of the molecule is COc1ccc(CNC(=O)[C@H]2CCCN(c3nnc4c(Cl)cccn34)C2)cc1. The van der Waals surface area contributed by atoms with Crippen molar-refractivity contribution in [3.63, 3.8) is 0 Å². The van der Waals surface area contributed by atoms with Gasteiger partial charge in [0.05, 0.1) is 18.1 Å². The van der Waals surface area contributed by atoms with E-state index in [4.69, 9.17) is 16.3 Å². The molecule has 7 nitrogen and oxygen atoms in total. The topological polar surface area (TPSA) is 71.8 Å². The lowest BCUT2D eigenvalue weighted by atomic mass is 9.97. The number of pyridine rings is 1. The molecule has 1 atom stereocenters. The first-order valence-electron chi connectivity index (χ1n) is 9.30. The highest BCUT2D eigenvalue weighted by Crippen LogP contribution is 2.25. The average molecular weight is 400 g/mol. The number of halogens is 1. The van der Waals surface area contributed by atoms with Gasteiger partial charge in [0.2, 0.25) is 11.9 Å². The van der Waals surface area contributed by atoms with Crippen LogP contribution in [0.3, 0.4) is 0 Å². The molecule has 1 aliphatic rings. The molecule has 3 aromatic rings. The normalized spacial score (nSPS) is 16.9. The number of rotatable bonds is 5. The second-order valence-electron chi connectivity index (χ2n) is 6.90. The number of aromatic nitrogens is 3. The zero-order valence-electron chi connectivity index (χ0n) is 15.6. The lowest BCUT2D eigenvalue weighted by Gasteiger charge is -2.32. The quantitative estimate of drug-likeness (QED) is 0.714. The molecule has 1 N–H and O–H groups in total. The summed E-state index contributed by atoms with van der Waals surface area (Å²) in [5, 5.41) is 12.1. The maximum Gasteiger partial charge on any atom is 0.231 e. The number of methoxy groups -OCH3 is 1. The van der Waals surface area contributed by atoms with Gasteiger partial charge in [-0.3, -0.25) is 9.20 Å². The van der Waals surface area contributed by atoms with Crippen LogP contribution in [0.1, 0.15) is 18.4 Å². The predicted molar refractivity (Wildman–Crippen MR) is 108 cm³/mol. The molecule has 0 unspecified atom stereocenters. The number of nitrogens with zero attached hydrogens (tertiary/aromatic N) is 4. The number of carbonyl (C=O) groups excluding carboxylic acids is 1. The lowest BCUT2D eigenvalue weighted by Crippen LogP contribution is -2.43. The fourth-order valence-electron chi connectivity index (χ4n) is 3.54. The largest absolute Gasteiger partial charge is 0.497 e. The van der Waals surface area contributed by atoms with Crippen molar-refractivity contribution in [3.05, 3.63) is 53.2 Å². The molecule has 2 aromatic heterocycles. The number of anilines is 1. The van der Waals surface area contributed by atoms with E-state index in [2.05, 4.69) is 20.4 Å². The molecule has 8 heteroatoms. The van der Waals surface area contributed by atoms with Gasteiger partial charge in [-0.2, -0.15) is 0 Å². The Morgan fingerprint density at radius 1 is 1.29 bits per heavy atom. The van der Waals surface area contributed by atoms with Crippen molar-refractivity contribution >= 4 is 29.1 Å². The minimum Gasteiger partial charge on any atom is -0.497 e. The van der Waals surface area contributed by atoms with E-state index in [1.54, 1.807) is 13.2 Å². The molecule has 1 saturated heterocycles. The molecule has 0 saturated carbocycles. The van der Waals surface area contributed by atoms with Crippen LogP contribution in [0.4, 0.5) is 5.95 Å². The van der Waals surface area contributed by atoms with Crippen molar-refractivity contribution < 1.29 is 9.53 Å². The molecule has 0 radical (unpaired) electrons. The minimum absolute atomic E-state index is 0.0624. The number of nitrogens with one attached hydrogen (secondary N) is 1. The van der Waals surface area contributed by atoms with E-state index in [0.717, 1.165) is 36.6 Å². The Kier molecular flexibility index (Phi) is 5.34. The first-order chi connectivity index (χ1) is 13.7. The fraction of sp³-hybridized carbons (Fsp3) is 0.350. The first-order valence-corrected chi connectivity index (χ1v) is 9.68. The number of hydrogen-bond donors (Lipinski definition) is 1. The Morgan fingerprint density at radius 3 is 2.89 bits per heavy atom. The molecule has 1 amide bonds. The van der Waals surface area contributed by atoms with E-state index in [1.807, 2.05) is 40.9 Å². The molecule has 1 aromatic carbocycles. The number of fused-ring (bicyclic) bond motifs is 1. The Morgan fingerprint density at radius 2 is 2.11 bits per heavy atom. The van der Waals surface area contributed by atoms with Crippen molar-refractivity contribution in [2.75, 3.05) is 25.1 Å². The molecule has 3 heterocycles. The van der Waals surface area contributed by atoms with Gasteiger partial charge in [0.15, 0.2) is 5.65 Å². The molecule has 146 valence electrons. The van der Waals surface area contributed by atoms with Crippen molar-refractivity contribution in [1.29, 1.82) is 0 Å². The van der Waals surface area contributed by atoms with Crippen LogP contribution < -0.4 is 15.0 Å². The summed E-state index contributed by atoms with van der Waals surface area (Å²) in [6.07, 6.45) is 3.68. The van der Waals surface area contributed by atoms with Gasteiger partial charge in [-0.05, 0) is 42.7 Å². The Balaban J connectivity index is 1.41. The second-order valence-corrected chi connectivity index (χ2v) is 7.31. The number of amides is 1. The highest BCUT2D eigenvalue weighted by atomic mass is 35.5. The Bertz CT molecular complexity index is 972. The van der Waals surface area contributed by atoms with E-state index in [1.165, 1.54) is 0 Å². The van der Waals surface area contributed by atoms with Gasteiger partial charge in [0.25, 0.3) is 0 Å². The van der Waals surface area contributed by atoms with E-state index in [9.17, 15) is 4.79 Å². The van der Waals surface area contributed by atoms with Gasteiger partial charge in [0.1, 0.15) is 5.75 Å². The number of piperidine rings is 1.